The molecule has 21 heavy (non-hydrogen) atoms. The van der Waals surface area contributed by atoms with E-state index >= 15 is 0 Å². The highest BCUT2D eigenvalue weighted by molar-refractivity contribution is 9.10. The third kappa shape index (κ3) is 3.58. The Morgan fingerprint density at radius 3 is 2.57 bits per heavy atom. The van der Waals surface area contributed by atoms with Crippen molar-refractivity contribution in [2.24, 2.45) is 0 Å². The van der Waals surface area contributed by atoms with Crippen molar-refractivity contribution in [3.63, 3.8) is 0 Å². The molecule has 0 radical (unpaired) electrons. The minimum atomic E-state index is 0.316. The van der Waals surface area contributed by atoms with Crippen LogP contribution in [0.3, 0.4) is 0 Å². The maximum Gasteiger partial charge on any atom is 0.0671 e. The van der Waals surface area contributed by atoms with Crippen molar-refractivity contribution in [2.45, 2.75) is 44.6 Å². The molecule has 0 aliphatic heterocycles. The summed E-state index contributed by atoms with van der Waals surface area (Å²) in [5, 5.41) is 5.85. The highest BCUT2D eigenvalue weighted by atomic mass is 79.9. The van der Waals surface area contributed by atoms with E-state index in [4.69, 9.17) is 0 Å². The number of rotatable bonds is 6. The molecule has 1 aromatic heterocycles. The first kappa shape index (κ1) is 15.3. The number of hydrogen-bond acceptors (Lipinski definition) is 2. The minimum Gasteiger partial charge on any atom is -0.306 e. The molecule has 0 spiro atoms. The van der Waals surface area contributed by atoms with Gasteiger partial charge in [0, 0.05) is 14.7 Å². The van der Waals surface area contributed by atoms with E-state index in [9.17, 15) is 0 Å². The lowest BCUT2D eigenvalue weighted by molar-refractivity contribution is 0.419. The molecule has 1 aromatic carbocycles. The lowest BCUT2D eigenvalue weighted by atomic mass is 9.80. The Kier molecular flexibility index (Phi) is 5.15. The fourth-order valence-electron chi connectivity index (χ4n) is 2.85. The molecule has 3 heteroatoms. The predicted octanol–water partition coefficient (Wildman–Crippen LogP) is 5.87. The Morgan fingerprint density at radius 2 is 2.05 bits per heavy atom. The summed E-state index contributed by atoms with van der Waals surface area (Å²) in [6, 6.07) is 11.9. The zero-order valence-corrected chi connectivity index (χ0v) is 14.8. The van der Waals surface area contributed by atoms with Gasteiger partial charge in [-0.15, -0.1) is 11.3 Å². The number of thiophene rings is 1. The quantitative estimate of drug-likeness (QED) is 0.676. The van der Waals surface area contributed by atoms with Gasteiger partial charge in [-0.25, -0.2) is 0 Å². The van der Waals surface area contributed by atoms with E-state index in [2.05, 4.69) is 63.9 Å². The maximum absolute atomic E-state index is 3.68. The van der Waals surface area contributed by atoms with E-state index in [0.717, 1.165) is 18.9 Å². The lowest BCUT2D eigenvalue weighted by Crippen LogP contribution is -2.22. The van der Waals surface area contributed by atoms with Crippen molar-refractivity contribution in [3.8, 4) is 0 Å². The molecule has 1 aliphatic carbocycles. The van der Waals surface area contributed by atoms with Gasteiger partial charge in [-0.2, -0.15) is 0 Å². The third-order valence-electron chi connectivity index (χ3n) is 4.32. The van der Waals surface area contributed by atoms with Crippen LogP contribution < -0.4 is 5.32 Å². The number of halogens is 1. The standard InChI is InChI=1S/C18H22BrNS/c1-2-10-20-18(17-11-16(19)12-21-17)15-8-6-14(7-9-15)13-4-3-5-13/h6-9,11-13,18,20H,2-5,10H2,1H3. The molecule has 1 fully saturated rings. The topological polar surface area (TPSA) is 12.0 Å². The summed E-state index contributed by atoms with van der Waals surface area (Å²) in [5.74, 6) is 0.817. The molecule has 1 heterocycles. The van der Waals surface area contributed by atoms with Gasteiger partial charge in [-0.05, 0) is 64.8 Å². The van der Waals surface area contributed by atoms with Crippen molar-refractivity contribution >= 4 is 27.3 Å². The second-order valence-corrected chi connectivity index (χ2v) is 7.71. The minimum absolute atomic E-state index is 0.316. The first-order chi connectivity index (χ1) is 10.3. The molecule has 1 saturated carbocycles. The molecular formula is C18H22BrNS. The van der Waals surface area contributed by atoms with Crippen LogP contribution in [-0.2, 0) is 0 Å². The van der Waals surface area contributed by atoms with Gasteiger partial charge in [-0.3, -0.25) is 0 Å². The highest BCUT2D eigenvalue weighted by Crippen LogP contribution is 2.37. The molecule has 1 aliphatic rings. The highest BCUT2D eigenvalue weighted by Gasteiger charge is 2.20. The fraction of sp³-hybridized carbons (Fsp3) is 0.444. The Hall–Kier alpha value is -0.640. The Morgan fingerprint density at radius 1 is 1.29 bits per heavy atom. The van der Waals surface area contributed by atoms with Gasteiger partial charge in [0.05, 0.1) is 6.04 Å². The van der Waals surface area contributed by atoms with E-state index in [0.29, 0.717) is 6.04 Å². The summed E-state index contributed by atoms with van der Waals surface area (Å²) < 4.78 is 1.18. The van der Waals surface area contributed by atoms with E-state index in [-0.39, 0.29) is 0 Å². The monoisotopic (exact) mass is 363 g/mol. The molecular weight excluding hydrogens is 342 g/mol. The largest absolute Gasteiger partial charge is 0.306 e. The first-order valence-corrected chi connectivity index (χ1v) is 9.52. The average molecular weight is 364 g/mol. The van der Waals surface area contributed by atoms with Crippen molar-refractivity contribution in [2.75, 3.05) is 6.54 Å². The normalized spacial score (nSPS) is 16.7. The molecule has 0 bridgehead atoms. The van der Waals surface area contributed by atoms with Crippen LogP contribution >= 0.6 is 27.3 Å². The van der Waals surface area contributed by atoms with Crippen molar-refractivity contribution < 1.29 is 0 Å². The summed E-state index contributed by atoms with van der Waals surface area (Å²) >= 11 is 5.39. The molecule has 1 atom stereocenters. The second kappa shape index (κ2) is 7.08. The zero-order chi connectivity index (χ0) is 14.7. The number of nitrogens with one attached hydrogen (secondary N) is 1. The van der Waals surface area contributed by atoms with Crippen molar-refractivity contribution in [1.82, 2.24) is 5.32 Å². The van der Waals surface area contributed by atoms with E-state index in [1.807, 2.05) is 11.3 Å². The second-order valence-electron chi connectivity index (χ2n) is 5.85. The molecule has 112 valence electrons. The third-order valence-corrected chi connectivity index (χ3v) is 6.08. The lowest BCUT2D eigenvalue weighted by Gasteiger charge is -2.26. The molecule has 1 N–H and O–H groups in total. The molecule has 1 unspecified atom stereocenters. The van der Waals surface area contributed by atoms with Crippen LogP contribution in [0.2, 0.25) is 0 Å². The maximum atomic E-state index is 3.68. The van der Waals surface area contributed by atoms with Crippen LogP contribution in [0.5, 0.6) is 0 Å². The first-order valence-electron chi connectivity index (χ1n) is 7.85. The summed E-state index contributed by atoms with van der Waals surface area (Å²) in [4.78, 5) is 1.38. The molecule has 1 nitrogen and oxygen atoms in total. The van der Waals surface area contributed by atoms with Gasteiger partial charge in [0.25, 0.3) is 0 Å². The number of hydrogen-bond donors (Lipinski definition) is 1. The Balaban J connectivity index is 1.81. The van der Waals surface area contributed by atoms with Crippen molar-refractivity contribution in [1.29, 1.82) is 0 Å². The molecule has 2 aromatic rings. The fourth-order valence-corrected chi connectivity index (χ4v) is 4.40. The SMILES string of the molecule is CCCNC(c1ccc(C2CCC2)cc1)c1cc(Br)cs1. The molecule has 0 amide bonds. The van der Waals surface area contributed by atoms with Gasteiger partial charge in [-0.1, -0.05) is 37.6 Å². The van der Waals surface area contributed by atoms with Crippen LogP contribution in [0.15, 0.2) is 40.2 Å². The van der Waals surface area contributed by atoms with Gasteiger partial charge in [0.2, 0.25) is 0 Å². The van der Waals surface area contributed by atoms with Crippen molar-refractivity contribution in [3.05, 3.63) is 56.2 Å². The van der Waals surface area contributed by atoms with Crippen LogP contribution in [-0.4, -0.2) is 6.54 Å². The van der Waals surface area contributed by atoms with E-state index in [1.54, 1.807) is 0 Å². The van der Waals surface area contributed by atoms with Crippen LogP contribution in [0.1, 0.15) is 60.6 Å². The van der Waals surface area contributed by atoms with Crippen LogP contribution in [0.25, 0.3) is 0 Å². The van der Waals surface area contributed by atoms with Crippen LogP contribution in [0, 0.1) is 0 Å². The smallest absolute Gasteiger partial charge is 0.0671 e. The van der Waals surface area contributed by atoms with Gasteiger partial charge in [0.15, 0.2) is 0 Å². The van der Waals surface area contributed by atoms with Gasteiger partial charge < -0.3 is 5.32 Å². The molecule has 0 saturated heterocycles. The summed E-state index contributed by atoms with van der Waals surface area (Å²) in [6.45, 7) is 3.26. The summed E-state index contributed by atoms with van der Waals surface area (Å²) in [6.07, 6.45) is 5.29. The summed E-state index contributed by atoms with van der Waals surface area (Å²) in [5.41, 5.74) is 2.90. The predicted molar refractivity (Wildman–Crippen MR) is 95.2 cm³/mol. The average Bonchev–Trinajstić information content (AvgIpc) is 2.85. The molecule has 3 rings (SSSR count). The number of benzene rings is 1. The van der Waals surface area contributed by atoms with Gasteiger partial charge in [0.1, 0.15) is 0 Å². The zero-order valence-electron chi connectivity index (χ0n) is 12.4. The van der Waals surface area contributed by atoms with Gasteiger partial charge >= 0.3 is 0 Å². The summed E-state index contributed by atoms with van der Waals surface area (Å²) in [7, 11) is 0. The Bertz CT molecular complexity index is 571. The van der Waals surface area contributed by atoms with E-state index in [1.165, 1.54) is 39.7 Å². The van der Waals surface area contributed by atoms with E-state index < -0.39 is 0 Å². The Labute approximate surface area is 139 Å². The van der Waals surface area contributed by atoms with Crippen LogP contribution in [0.4, 0.5) is 0 Å².